The van der Waals surface area contributed by atoms with E-state index < -0.39 is 6.04 Å². The van der Waals surface area contributed by atoms with Crippen LogP contribution in [0.5, 0.6) is 5.75 Å². The molecule has 6 rings (SSSR count). The van der Waals surface area contributed by atoms with Crippen molar-refractivity contribution >= 4 is 11.8 Å². The smallest absolute Gasteiger partial charge is 0.242 e. The molecule has 1 aliphatic heterocycles. The van der Waals surface area contributed by atoms with Gasteiger partial charge in [0.05, 0.1) is 13.2 Å². The van der Waals surface area contributed by atoms with E-state index in [-0.39, 0.29) is 24.3 Å². The van der Waals surface area contributed by atoms with Crippen LogP contribution in [0.25, 0.3) is 11.4 Å². The van der Waals surface area contributed by atoms with Gasteiger partial charge in [0.25, 0.3) is 0 Å². The van der Waals surface area contributed by atoms with Gasteiger partial charge in [0.1, 0.15) is 17.6 Å². The maximum Gasteiger partial charge on any atom is 0.242 e. The third-order valence-corrected chi connectivity index (χ3v) is 9.06. The maximum absolute atomic E-state index is 13.3. The number of rotatable bonds is 4. The van der Waals surface area contributed by atoms with E-state index in [0.717, 1.165) is 49.0 Å². The second-order valence-corrected chi connectivity index (χ2v) is 12.7. The quantitative estimate of drug-likeness (QED) is 0.558. The number of nitrogens with one attached hydrogen (secondary N) is 2. The largest absolute Gasteiger partial charge is 0.494 e. The molecule has 2 aromatic rings. The molecule has 1 saturated carbocycles. The van der Waals surface area contributed by atoms with E-state index in [1.165, 1.54) is 12.0 Å². The van der Waals surface area contributed by atoms with Crippen LogP contribution in [0.3, 0.4) is 0 Å². The number of benzene rings is 1. The first-order valence-corrected chi connectivity index (χ1v) is 14.9. The fourth-order valence-corrected chi connectivity index (χ4v) is 6.65. The Morgan fingerprint density at radius 1 is 1.20 bits per heavy atom. The van der Waals surface area contributed by atoms with Gasteiger partial charge >= 0.3 is 0 Å². The number of carbonyl (C=O) groups excluding carboxylic acids is 2. The number of imidazole rings is 1. The first kappa shape index (κ1) is 28.4. The van der Waals surface area contributed by atoms with Gasteiger partial charge in [-0.3, -0.25) is 14.5 Å². The molecule has 3 atom stereocenters. The molecule has 2 heterocycles. The molecule has 0 saturated heterocycles. The zero-order chi connectivity index (χ0) is 28.3. The minimum atomic E-state index is -0.560. The van der Waals surface area contributed by atoms with E-state index in [4.69, 9.17) is 4.74 Å². The number of ether oxygens (including phenoxy) is 1. The lowest BCUT2D eigenvalue weighted by atomic mass is 9.49. The molecule has 3 aliphatic carbocycles. The lowest BCUT2D eigenvalue weighted by Crippen LogP contribution is -2.52. The Balaban J connectivity index is 1.35. The van der Waals surface area contributed by atoms with Crippen molar-refractivity contribution in [2.24, 2.45) is 23.2 Å². The number of carbonyl (C=O) groups is 2. The molecule has 1 aromatic carbocycles. The van der Waals surface area contributed by atoms with Crippen molar-refractivity contribution < 1.29 is 14.3 Å². The summed E-state index contributed by atoms with van der Waals surface area (Å²) in [5.41, 5.74) is 2.78. The van der Waals surface area contributed by atoms with Crippen molar-refractivity contribution in [3.05, 3.63) is 48.3 Å². The van der Waals surface area contributed by atoms with Crippen LogP contribution in [-0.4, -0.2) is 65.1 Å². The molecule has 0 radical (unpaired) electrons. The summed E-state index contributed by atoms with van der Waals surface area (Å²) in [7, 11) is 0. The molecule has 40 heavy (non-hydrogen) atoms. The predicted octanol–water partition coefficient (Wildman–Crippen LogP) is 4.27. The summed E-state index contributed by atoms with van der Waals surface area (Å²) >= 11 is 0. The first-order valence-electron chi connectivity index (χ1n) is 14.9. The minimum Gasteiger partial charge on any atom is -0.494 e. The van der Waals surface area contributed by atoms with Crippen molar-refractivity contribution in [3.8, 4) is 17.1 Å². The van der Waals surface area contributed by atoms with Gasteiger partial charge < -0.3 is 19.9 Å². The minimum absolute atomic E-state index is 0.102. The Bertz CT molecular complexity index is 1230. The summed E-state index contributed by atoms with van der Waals surface area (Å²) in [4.78, 5) is 33.3. The Morgan fingerprint density at radius 3 is 2.83 bits per heavy atom. The summed E-state index contributed by atoms with van der Waals surface area (Å²) in [6.07, 6.45) is 9.89. The van der Waals surface area contributed by atoms with Crippen LogP contribution in [0.1, 0.15) is 53.4 Å². The summed E-state index contributed by atoms with van der Waals surface area (Å²) in [5.74, 6) is 3.05. The summed E-state index contributed by atoms with van der Waals surface area (Å²) in [6, 6.07) is 7.45. The molecule has 4 bridgehead atoms. The monoisotopic (exact) mass is 547 g/mol. The molecule has 4 aliphatic rings. The number of aromatic nitrogens is 2. The number of allylic oxidation sites excluding steroid dienone is 1. The molecule has 1 fully saturated rings. The van der Waals surface area contributed by atoms with E-state index >= 15 is 0 Å². The average Bonchev–Trinajstić information content (AvgIpc) is 3.38. The Hall–Kier alpha value is -3.13. The molecular formula is C32H45N5O3. The second kappa shape index (κ2) is 12.2. The molecule has 2 amide bonds. The lowest BCUT2D eigenvalue weighted by Gasteiger charge is -2.57. The Kier molecular flexibility index (Phi) is 8.64. The fraction of sp³-hybridized carbons (Fsp3) is 0.594. The zero-order valence-corrected chi connectivity index (χ0v) is 24.5. The highest BCUT2D eigenvalue weighted by atomic mass is 16.5. The van der Waals surface area contributed by atoms with Gasteiger partial charge in [-0.25, -0.2) is 4.98 Å². The van der Waals surface area contributed by atoms with Crippen LogP contribution < -0.4 is 15.4 Å². The molecule has 0 spiro atoms. The maximum atomic E-state index is 13.3. The number of fused-ring (bicyclic) bond motifs is 5. The fourth-order valence-electron chi connectivity index (χ4n) is 6.65. The van der Waals surface area contributed by atoms with Gasteiger partial charge in [-0.15, -0.1) is 0 Å². The number of nitrogens with zero attached hydrogens (tertiary/aromatic N) is 3. The highest BCUT2D eigenvalue weighted by Gasteiger charge is 2.51. The van der Waals surface area contributed by atoms with Gasteiger partial charge in [-0.1, -0.05) is 51.5 Å². The van der Waals surface area contributed by atoms with Gasteiger partial charge in [-0.2, -0.15) is 0 Å². The molecule has 8 heteroatoms. The van der Waals surface area contributed by atoms with Gasteiger partial charge in [0.15, 0.2) is 0 Å². The van der Waals surface area contributed by atoms with Crippen LogP contribution in [0, 0.1) is 23.2 Å². The van der Waals surface area contributed by atoms with Crippen LogP contribution >= 0.6 is 0 Å². The normalized spacial score (nSPS) is 25.8. The summed E-state index contributed by atoms with van der Waals surface area (Å²) < 4.78 is 8.18. The van der Waals surface area contributed by atoms with Crippen LogP contribution in [0.4, 0.5) is 0 Å². The Morgan fingerprint density at radius 2 is 2.05 bits per heavy atom. The average molecular weight is 548 g/mol. The van der Waals surface area contributed by atoms with Gasteiger partial charge in [-0.05, 0) is 61.0 Å². The zero-order valence-electron chi connectivity index (χ0n) is 24.5. The molecular weight excluding hydrogens is 502 g/mol. The number of amides is 2. The molecule has 1 aromatic heterocycles. The highest BCUT2D eigenvalue weighted by Crippen LogP contribution is 2.59. The van der Waals surface area contributed by atoms with Crippen LogP contribution in [0.2, 0.25) is 0 Å². The topological polar surface area (TPSA) is 88.5 Å². The van der Waals surface area contributed by atoms with Gasteiger partial charge in [0, 0.05) is 44.1 Å². The number of hydrogen-bond acceptors (Lipinski definition) is 5. The van der Waals surface area contributed by atoms with Gasteiger partial charge in [0.2, 0.25) is 11.8 Å². The van der Waals surface area contributed by atoms with E-state index in [0.29, 0.717) is 37.5 Å². The Labute approximate surface area is 238 Å². The van der Waals surface area contributed by atoms with Crippen molar-refractivity contribution in [1.82, 2.24) is 25.1 Å². The molecule has 0 unspecified atom stereocenters. The van der Waals surface area contributed by atoms with Crippen molar-refractivity contribution in [3.63, 3.8) is 0 Å². The predicted molar refractivity (Wildman–Crippen MR) is 157 cm³/mol. The summed E-state index contributed by atoms with van der Waals surface area (Å²) in [5, 5.41) is 6.11. The molecule has 8 nitrogen and oxygen atoms in total. The van der Waals surface area contributed by atoms with Crippen LogP contribution in [0.15, 0.2) is 48.3 Å². The van der Waals surface area contributed by atoms with E-state index in [2.05, 4.69) is 54.3 Å². The van der Waals surface area contributed by atoms with E-state index in [1.54, 1.807) is 6.20 Å². The van der Waals surface area contributed by atoms with Crippen molar-refractivity contribution in [1.29, 1.82) is 0 Å². The highest BCUT2D eigenvalue weighted by molar-refractivity contribution is 5.88. The molecule has 216 valence electrons. The van der Waals surface area contributed by atoms with Crippen molar-refractivity contribution in [2.75, 3.05) is 32.8 Å². The summed E-state index contributed by atoms with van der Waals surface area (Å²) in [6.45, 7) is 12.3. The van der Waals surface area contributed by atoms with E-state index in [1.807, 2.05) is 35.0 Å². The van der Waals surface area contributed by atoms with Crippen LogP contribution in [-0.2, 0) is 16.1 Å². The third kappa shape index (κ3) is 6.43. The lowest BCUT2D eigenvalue weighted by molar-refractivity contribution is -0.130. The molecule has 2 N–H and O–H groups in total. The van der Waals surface area contributed by atoms with E-state index in [9.17, 15) is 9.59 Å². The third-order valence-electron chi connectivity index (χ3n) is 9.06. The van der Waals surface area contributed by atoms with Crippen molar-refractivity contribution in [2.45, 2.75) is 66.0 Å². The number of hydrogen-bond donors (Lipinski definition) is 2. The first-order chi connectivity index (χ1) is 19.2. The standard InChI is InChI=1S/C32H45N5O3/c1-22(2)17-28-31(39)34-12-15-37-14-11-33-30(37)23-7-5-8-26(18-23)40-16-6-13-36(21-29(38)35-28)20-24-9-10-25-19-27(24)32(25,3)4/h5,7-9,11,14,18,22,25,27-28H,6,10,12-13,15-17,19-21H2,1-4H3,(H,34,39)(H,35,38)/t25-,27-,28+/m0/s1. The SMILES string of the molecule is CC(C)C[C@H]1NC(=O)CN(CC2=CC[C@H]3C[C@@H]2C3(C)C)CCCOc2cccc(c2)-c2nccn2CCNC1=O. The second-order valence-electron chi connectivity index (χ2n) is 12.7.